The summed E-state index contributed by atoms with van der Waals surface area (Å²) in [5.41, 5.74) is 0. The molecule has 0 aromatic heterocycles. The number of aliphatic hydroxyl groups excluding tert-OH is 1. The summed E-state index contributed by atoms with van der Waals surface area (Å²) in [4.78, 5) is 25.7. The highest BCUT2D eigenvalue weighted by Crippen LogP contribution is 2.37. The molecule has 2 aromatic rings. The predicted octanol–water partition coefficient (Wildman–Crippen LogP) is 2.23. The predicted molar refractivity (Wildman–Crippen MR) is 132 cm³/mol. The van der Waals surface area contributed by atoms with E-state index in [0.717, 1.165) is 10.4 Å². The van der Waals surface area contributed by atoms with Crippen molar-refractivity contribution in [3.8, 4) is 0 Å². The Bertz CT molecular complexity index is 971. The van der Waals surface area contributed by atoms with E-state index in [0.29, 0.717) is 0 Å². The van der Waals surface area contributed by atoms with Crippen LogP contribution in [-0.2, 0) is 14.0 Å². The van der Waals surface area contributed by atoms with Crippen molar-refractivity contribution in [3.05, 3.63) is 60.7 Å². The van der Waals surface area contributed by atoms with E-state index in [9.17, 15) is 14.7 Å². The second kappa shape index (κ2) is 9.62. The Kier molecular flexibility index (Phi) is 6.96. The van der Waals surface area contributed by atoms with Crippen molar-refractivity contribution in [3.63, 3.8) is 0 Å². The van der Waals surface area contributed by atoms with Crippen molar-refractivity contribution in [1.82, 2.24) is 10.2 Å². The minimum Gasteiger partial charge on any atom is -0.405 e. The van der Waals surface area contributed by atoms with Crippen molar-refractivity contribution >= 4 is 30.6 Å². The molecule has 4 rings (SSSR count). The van der Waals surface area contributed by atoms with Gasteiger partial charge in [-0.2, -0.15) is 0 Å². The molecule has 2 saturated heterocycles. The number of hydrogen-bond donors (Lipinski definition) is 2. The van der Waals surface area contributed by atoms with Crippen LogP contribution < -0.4 is 15.7 Å². The Hall–Kier alpha value is -2.52. The van der Waals surface area contributed by atoms with E-state index in [4.69, 9.17) is 9.16 Å². The summed E-state index contributed by atoms with van der Waals surface area (Å²) in [7, 11) is -2.77. The number of nitrogens with one attached hydrogen (secondary N) is 1. The minimum atomic E-state index is -2.77. The molecule has 0 spiro atoms. The first-order valence-corrected chi connectivity index (χ1v) is 13.7. The van der Waals surface area contributed by atoms with Crippen LogP contribution in [0.25, 0.3) is 0 Å². The maximum absolute atomic E-state index is 12.4. The van der Waals surface area contributed by atoms with Gasteiger partial charge in [-0.3, -0.25) is 15.0 Å². The van der Waals surface area contributed by atoms with Gasteiger partial charge in [0, 0.05) is 13.0 Å². The first-order chi connectivity index (χ1) is 16.1. The van der Waals surface area contributed by atoms with Gasteiger partial charge in [-0.25, -0.2) is 4.79 Å². The van der Waals surface area contributed by atoms with Gasteiger partial charge in [0.15, 0.2) is 0 Å². The van der Waals surface area contributed by atoms with Crippen molar-refractivity contribution in [2.24, 2.45) is 5.92 Å². The van der Waals surface area contributed by atoms with Crippen molar-refractivity contribution in [2.75, 3.05) is 13.2 Å². The number of rotatable bonds is 6. The van der Waals surface area contributed by atoms with Gasteiger partial charge in [0.05, 0.1) is 18.6 Å². The molecule has 34 heavy (non-hydrogen) atoms. The quantitative estimate of drug-likeness (QED) is 0.617. The Labute approximate surface area is 202 Å². The average molecular weight is 483 g/mol. The summed E-state index contributed by atoms with van der Waals surface area (Å²) in [5, 5.41) is 15.3. The van der Waals surface area contributed by atoms with E-state index in [-0.39, 0.29) is 36.4 Å². The number of nitrogens with zero attached hydrogens (tertiary/aromatic N) is 1. The van der Waals surface area contributed by atoms with Crippen molar-refractivity contribution in [1.29, 1.82) is 0 Å². The molecular formula is C26H34N2O5Si. The summed E-state index contributed by atoms with van der Waals surface area (Å²) in [6.45, 7) is 8.84. The molecule has 2 N–H and O–H groups in total. The van der Waals surface area contributed by atoms with E-state index >= 15 is 0 Å². The molecule has 7 nitrogen and oxygen atoms in total. The summed E-state index contributed by atoms with van der Waals surface area (Å²) >= 11 is 0. The molecule has 0 aliphatic carbocycles. The number of aliphatic hydroxyl groups is 1. The largest absolute Gasteiger partial charge is 0.405 e. The Balaban J connectivity index is 1.59. The number of hydrogen-bond acceptors (Lipinski definition) is 5. The van der Waals surface area contributed by atoms with Gasteiger partial charge in [0.1, 0.15) is 12.3 Å². The van der Waals surface area contributed by atoms with Crippen LogP contribution in [0.2, 0.25) is 5.04 Å². The fourth-order valence-electron chi connectivity index (χ4n) is 5.04. The van der Waals surface area contributed by atoms with Gasteiger partial charge in [0.2, 0.25) is 5.91 Å². The number of imide groups is 1. The van der Waals surface area contributed by atoms with Crippen LogP contribution in [0.4, 0.5) is 4.79 Å². The monoisotopic (exact) mass is 482 g/mol. The molecule has 0 bridgehead atoms. The molecule has 2 aliphatic rings. The third-order valence-corrected chi connectivity index (χ3v) is 11.8. The van der Waals surface area contributed by atoms with Crippen LogP contribution in [0.1, 0.15) is 34.1 Å². The number of urea groups is 1. The Morgan fingerprint density at radius 3 is 2.15 bits per heavy atom. The highest BCUT2D eigenvalue weighted by Gasteiger charge is 2.51. The molecule has 0 saturated carbocycles. The molecule has 2 aliphatic heterocycles. The lowest BCUT2D eigenvalue weighted by molar-refractivity contribution is -0.128. The fourth-order valence-corrected chi connectivity index (χ4v) is 9.61. The summed E-state index contributed by atoms with van der Waals surface area (Å²) in [6, 6.07) is 20.1. The van der Waals surface area contributed by atoms with Crippen molar-refractivity contribution in [2.45, 2.75) is 57.6 Å². The summed E-state index contributed by atoms with van der Waals surface area (Å²) in [6.07, 6.45) is -1.67. The number of ether oxygens (including phenoxy) is 1. The summed E-state index contributed by atoms with van der Waals surface area (Å²) < 4.78 is 13.1. The van der Waals surface area contributed by atoms with E-state index in [1.165, 1.54) is 4.90 Å². The lowest BCUT2D eigenvalue weighted by atomic mass is 10.1. The van der Waals surface area contributed by atoms with Crippen LogP contribution >= 0.6 is 0 Å². The maximum atomic E-state index is 12.4. The third kappa shape index (κ3) is 4.55. The smallest absolute Gasteiger partial charge is 0.326 e. The third-order valence-electron chi connectivity index (χ3n) is 6.84. The van der Waals surface area contributed by atoms with Crippen molar-refractivity contribution < 1.29 is 23.9 Å². The van der Waals surface area contributed by atoms with Gasteiger partial charge in [-0.05, 0) is 15.4 Å². The Morgan fingerprint density at radius 2 is 1.62 bits per heavy atom. The second-order valence-electron chi connectivity index (χ2n) is 10.3. The fraction of sp³-hybridized carbons (Fsp3) is 0.462. The van der Waals surface area contributed by atoms with E-state index in [1.54, 1.807) is 6.92 Å². The van der Waals surface area contributed by atoms with Crippen LogP contribution in [0, 0.1) is 5.92 Å². The van der Waals surface area contributed by atoms with E-state index in [1.807, 2.05) is 36.4 Å². The number of benzene rings is 2. The van der Waals surface area contributed by atoms with E-state index in [2.05, 4.69) is 50.4 Å². The molecule has 4 atom stereocenters. The molecular weight excluding hydrogens is 448 g/mol. The second-order valence-corrected chi connectivity index (χ2v) is 14.6. The van der Waals surface area contributed by atoms with Gasteiger partial charge in [-0.15, -0.1) is 0 Å². The lowest BCUT2D eigenvalue weighted by Crippen LogP contribution is -2.67. The number of carbonyl (C=O) groups is 2. The minimum absolute atomic E-state index is 0.193. The lowest BCUT2D eigenvalue weighted by Gasteiger charge is -2.43. The molecule has 2 aromatic carbocycles. The molecule has 2 heterocycles. The summed E-state index contributed by atoms with van der Waals surface area (Å²) in [5.74, 6) is -0.614. The molecule has 8 heteroatoms. The standard InChI is InChI=1S/C26H34N2O5Si/c1-18-16-28(25(31)27-24(18)30)23-15-21(29)22(33-23)17-32-34(26(2,3)4,19-11-7-5-8-12-19)20-13-9-6-10-14-20/h5-14,18,21-23,29H,15-17H2,1-4H3,(H,27,30,31)/t18?,21-,22+,23+/m0/s1. The van der Waals surface area contributed by atoms with Gasteiger partial charge >= 0.3 is 6.03 Å². The highest BCUT2D eigenvalue weighted by molar-refractivity contribution is 6.99. The Morgan fingerprint density at radius 1 is 1.06 bits per heavy atom. The van der Waals surface area contributed by atoms with Crippen LogP contribution in [-0.4, -0.2) is 61.8 Å². The zero-order chi connectivity index (χ0) is 24.5. The van der Waals surface area contributed by atoms with Gasteiger partial charge < -0.3 is 14.3 Å². The molecule has 2 fully saturated rings. The molecule has 0 radical (unpaired) electrons. The van der Waals surface area contributed by atoms with E-state index < -0.39 is 32.8 Å². The first-order valence-electron chi connectivity index (χ1n) is 11.8. The zero-order valence-corrected chi connectivity index (χ0v) is 21.2. The van der Waals surface area contributed by atoms with Gasteiger partial charge in [0.25, 0.3) is 8.32 Å². The first kappa shape index (κ1) is 24.6. The normalized spacial score (nSPS) is 26.0. The van der Waals surface area contributed by atoms with Crippen LogP contribution in [0.3, 0.4) is 0 Å². The molecule has 1 unspecified atom stereocenters. The average Bonchev–Trinajstić information content (AvgIpc) is 3.17. The van der Waals surface area contributed by atoms with Crippen LogP contribution in [0.15, 0.2) is 60.7 Å². The zero-order valence-electron chi connectivity index (χ0n) is 20.2. The van der Waals surface area contributed by atoms with Gasteiger partial charge in [-0.1, -0.05) is 88.4 Å². The number of carbonyl (C=O) groups excluding carboxylic acids is 2. The SMILES string of the molecule is CC1CN([C@H]2C[C@H](O)[C@@H](CO[Si](c3ccccc3)(c3ccccc3)C(C)(C)C)O2)C(=O)NC1=O. The van der Waals surface area contributed by atoms with Crippen LogP contribution in [0.5, 0.6) is 0 Å². The number of amides is 3. The molecule has 3 amide bonds. The topological polar surface area (TPSA) is 88.1 Å². The molecule has 182 valence electrons. The maximum Gasteiger partial charge on any atom is 0.326 e. The highest BCUT2D eigenvalue weighted by atomic mass is 28.4.